The quantitative estimate of drug-likeness (QED) is 0.824. The summed E-state index contributed by atoms with van der Waals surface area (Å²) in [5.41, 5.74) is 1.84. The number of aliphatic hydroxyl groups excluding tert-OH is 1. The predicted octanol–water partition coefficient (Wildman–Crippen LogP) is 0.873. The number of aliphatic hydroxyl groups is 1. The van der Waals surface area contributed by atoms with E-state index in [2.05, 4.69) is 21.7 Å². The zero-order valence-electron chi connectivity index (χ0n) is 11.7. The Bertz CT molecular complexity index is 813. The molecule has 0 saturated carbocycles. The number of nitrogens with one attached hydrogen (secondary N) is 1. The number of aromatic nitrogens is 2. The molecule has 2 N–H and O–H groups in total. The zero-order valence-corrected chi connectivity index (χ0v) is 12.5. The molecule has 0 saturated heterocycles. The summed E-state index contributed by atoms with van der Waals surface area (Å²) < 4.78 is 28.4. The zero-order chi connectivity index (χ0) is 15.5. The highest BCUT2D eigenvalue weighted by molar-refractivity contribution is 7.92. The lowest BCUT2D eigenvalue weighted by atomic mass is 10.1. The monoisotopic (exact) mass is 305 g/mol. The van der Waals surface area contributed by atoms with Gasteiger partial charge in [-0.1, -0.05) is 17.9 Å². The van der Waals surface area contributed by atoms with Crippen molar-refractivity contribution in [3.05, 3.63) is 41.6 Å². The maximum absolute atomic E-state index is 12.3. The van der Waals surface area contributed by atoms with E-state index in [1.165, 1.54) is 16.9 Å². The molecule has 0 unspecified atom stereocenters. The van der Waals surface area contributed by atoms with Crippen LogP contribution >= 0.6 is 0 Å². The highest BCUT2D eigenvalue weighted by Gasteiger charge is 2.18. The molecule has 1 heterocycles. The Hall–Kier alpha value is -2.30. The van der Waals surface area contributed by atoms with E-state index in [0.29, 0.717) is 11.3 Å². The van der Waals surface area contributed by atoms with Crippen molar-refractivity contribution < 1.29 is 13.5 Å². The number of hydrogen-bond donors (Lipinski definition) is 2. The van der Waals surface area contributed by atoms with Crippen LogP contribution < -0.4 is 4.72 Å². The molecule has 7 heteroatoms. The molecule has 110 valence electrons. The van der Waals surface area contributed by atoms with Gasteiger partial charge in [-0.3, -0.25) is 9.40 Å². The van der Waals surface area contributed by atoms with E-state index in [1.54, 1.807) is 32.2 Å². The van der Waals surface area contributed by atoms with Crippen molar-refractivity contribution in [3.63, 3.8) is 0 Å². The largest absolute Gasteiger partial charge is 0.384 e. The van der Waals surface area contributed by atoms with Gasteiger partial charge >= 0.3 is 0 Å². The summed E-state index contributed by atoms with van der Waals surface area (Å²) in [6.07, 6.45) is 1.42. The number of nitrogens with zero attached hydrogens (tertiary/aromatic N) is 2. The molecule has 0 fully saturated rings. The summed E-state index contributed by atoms with van der Waals surface area (Å²) in [7, 11) is -2.15. The van der Waals surface area contributed by atoms with Crippen molar-refractivity contribution in [3.8, 4) is 11.8 Å². The number of aryl methyl sites for hydroxylation is 2. The summed E-state index contributed by atoms with van der Waals surface area (Å²) in [4.78, 5) is 0. The van der Waals surface area contributed by atoms with E-state index in [-0.39, 0.29) is 11.6 Å². The fraction of sp³-hybridized carbons (Fsp3) is 0.214. The van der Waals surface area contributed by atoms with E-state index in [9.17, 15) is 8.42 Å². The van der Waals surface area contributed by atoms with Crippen molar-refractivity contribution in [1.29, 1.82) is 0 Å². The molecule has 0 radical (unpaired) electrons. The van der Waals surface area contributed by atoms with Gasteiger partial charge in [0.25, 0.3) is 10.0 Å². The fourth-order valence-corrected chi connectivity index (χ4v) is 3.02. The number of sulfonamides is 1. The molecule has 1 aromatic carbocycles. The molecular weight excluding hydrogens is 290 g/mol. The lowest BCUT2D eigenvalue weighted by molar-refractivity contribution is 0.350. The van der Waals surface area contributed by atoms with Gasteiger partial charge in [0.1, 0.15) is 6.61 Å². The van der Waals surface area contributed by atoms with Gasteiger partial charge in [0.15, 0.2) is 5.03 Å². The van der Waals surface area contributed by atoms with Crippen LogP contribution in [0.25, 0.3) is 0 Å². The Morgan fingerprint density at radius 2 is 2.14 bits per heavy atom. The maximum Gasteiger partial charge on any atom is 0.279 e. The topological polar surface area (TPSA) is 84.2 Å². The summed E-state index contributed by atoms with van der Waals surface area (Å²) in [5, 5.41) is 12.6. The van der Waals surface area contributed by atoms with Crippen LogP contribution in [0.5, 0.6) is 0 Å². The van der Waals surface area contributed by atoms with Crippen molar-refractivity contribution in [1.82, 2.24) is 9.78 Å². The van der Waals surface area contributed by atoms with Crippen molar-refractivity contribution in [2.24, 2.45) is 7.05 Å². The van der Waals surface area contributed by atoms with E-state index in [1.807, 2.05) is 0 Å². The molecule has 0 spiro atoms. The van der Waals surface area contributed by atoms with Gasteiger partial charge in [-0.05, 0) is 30.7 Å². The Morgan fingerprint density at radius 1 is 1.38 bits per heavy atom. The van der Waals surface area contributed by atoms with E-state index in [0.717, 1.165) is 5.56 Å². The van der Waals surface area contributed by atoms with Gasteiger partial charge < -0.3 is 5.11 Å². The fourth-order valence-electron chi connectivity index (χ4n) is 1.77. The third kappa shape index (κ3) is 3.42. The van der Waals surface area contributed by atoms with Crippen LogP contribution in [0.4, 0.5) is 5.69 Å². The molecule has 6 nitrogen and oxygen atoms in total. The Labute approximate surface area is 123 Å². The van der Waals surface area contributed by atoms with Gasteiger partial charge in [-0.15, -0.1) is 0 Å². The van der Waals surface area contributed by atoms with Gasteiger partial charge in [0.05, 0.1) is 11.9 Å². The average Bonchev–Trinajstić information content (AvgIpc) is 2.86. The average molecular weight is 305 g/mol. The standard InChI is InChI=1S/C14H15N3O3S/c1-11-5-6-12(4-3-9-18)10-13(11)16-21(19,20)14-7-8-15-17(14)2/h5-8,10,16,18H,9H2,1-2H3. The van der Waals surface area contributed by atoms with Gasteiger partial charge in [-0.25, -0.2) is 0 Å². The van der Waals surface area contributed by atoms with E-state index >= 15 is 0 Å². The minimum Gasteiger partial charge on any atom is -0.384 e. The van der Waals surface area contributed by atoms with Crippen LogP contribution in [0, 0.1) is 18.8 Å². The second-order valence-electron chi connectivity index (χ2n) is 4.39. The van der Waals surface area contributed by atoms with Gasteiger partial charge in [0, 0.05) is 12.6 Å². The third-order valence-electron chi connectivity index (χ3n) is 2.84. The van der Waals surface area contributed by atoms with E-state index in [4.69, 9.17) is 5.11 Å². The van der Waals surface area contributed by atoms with Crippen LogP contribution in [0.15, 0.2) is 35.5 Å². The number of anilines is 1. The number of benzene rings is 1. The second-order valence-corrected chi connectivity index (χ2v) is 6.02. The minimum absolute atomic E-state index is 0.0775. The SMILES string of the molecule is Cc1ccc(C#CCO)cc1NS(=O)(=O)c1ccnn1C. The van der Waals surface area contributed by atoms with Gasteiger partial charge in [-0.2, -0.15) is 13.5 Å². The first kappa shape index (κ1) is 15.1. The predicted molar refractivity (Wildman–Crippen MR) is 79.2 cm³/mol. The van der Waals surface area contributed by atoms with E-state index < -0.39 is 10.0 Å². The van der Waals surface area contributed by atoms with Gasteiger partial charge in [0.2, 0.25) is 0 Å². The number of rotatable bonds is 3. The van der Waals surface area contributed by atoms with Crippen LogP contribution in [0.3, 0.4) is 0 Å². The van der Waals surface area contributed by atoms with Crippen molar-refractivity contribution >= 4 is 15.7 Å². The molecule has 2 aromatic rings. The Morgan fingerprint density at radius 3 is 2.76 bits per heavy atom. The molecule has 0 bridgehead atoms. The highest BCUT2D eigenvalue weighted by atomic mass is 32.2. The van der Waals surface area contributed by atoms with Crippen molar-refractivity contribution in [2.75, 3.05) is 11.3 Å². The van der Waals surface area contributed by atoms with Crippen LogP contribution in [-0.2, 0) is 17.1 Å². The Kier molecular flexibility index (Phi) is 4.31. The van der Waals surface area contributed by atoms with Crippen molar-refractivity contribution in [2.45, 2.75) is 11.9 Å². The first-order chi connectivity index (χ1) is 9.94. The minimum atomic E-state index is -3.71. The number of hydrogen-bond acceptors (Lipinski definition) is 4. The molecule has 0 amide bonds. The lowest BCUT2D eigenvalue weighted by Crippen LogP contribution is -2.17. The summed E-state index contributed by atoms with van der Waals surface area (Å²) >= 11 is 0. The van der Waals surface area contributed by atoms with Crippen LogP contribution in [0.2, 0.25) is 0 Å². The molecule has 0 aliphatic carbocycles. The second kappa shape index (κ2) is 5.99. The molecule has 0 aliphatic rings. The highest BCUT2D eigenvalue weighted by Crippen LogP contribution is 2.20. The first-order valence-electron chi connectivity index (χ1n) is 6.15. The lowest BCUT2D eigenvalue weighted by Gasteiger charge is -2.11. The Balaban J connectivity index is 2.37. The molecule has 21 heavy (non-hydrogen) atoms. The maximum atomic E-state index is 12.3. The normalized spacial score (nSPS) is 10.8. The molecular formula is C14H15N3O3S. The first-order valence-corrected chi connectivity index (χ1v) is 7.63. The third-order valence-corrected chi connectivity index (χ3v) is 4.28. The molecule has 0 aliphatic heterocycles. The van der Waals surface area contributed by atoms with Crippen LogP contribution in [0.1, 0.15) is 11.1 Å². The summed E-state index contributed by atoms with van der Waals surface area (Å²) in [6, 6.07) is 6.58. The summed E-state index contributed by atoms with van der Waals surface area (Å²) in [5.74, 6) is 5.27. The summed E-state index contributed by atoms with van der Waals surface area (Å²) in [6.45, 7) is 1.55. The molecule has 2 rings (SSSR count). The molecule has 0 atom stereocenters. The van der Waals surface area contributed by atoms with Crippen LogP contribution in [-0.4, -0.2) is 29.9 Å². The molecule has 1 aromatic heterocycles. The smallest absolute Gasteiger partial charge is 0.279 e.